The van der Waals surface area contributed by atoms with Crippen molar-refractivity contribution in [2.75, 3.05) is 0 Å². The molecule has 0 saturated carbocycles. The van der Waals surface area contributed by atoms with Crippen LogP contribution in [0.25, 0.3) is 5.69 Å². The summed E-state index contributed by atoms with van der Waals surface area (Å²) in [6.07, 6.45) is 6.71. The molecule has 0 bridgehead atoms. The Morgan fingerprint density at radius 2 is 2.22 bits per heavy atom. The van der Waals surface area contributed by atoms with Crippen molar-refractivity contribution in [1.82, 2.24) is 4.57 Å². The van der Waals surface area contributed by atoms with Crippen LogP contribution in [0.4, 0.5) is 0 Å². The van der Waals surface area contributed by atoms with Gasteiger partial charge in [0, 0.05) is 23.6 Å². The number of hydrogen-bond acceptors (Lipinski definition) is 1. The number of nitrogens with two attached hydrogens (primary N) is 1. The van der Waals surface area contributed by atoms with Gasteiger partial charge in [-0.3, -0.25) is 0 Å². The van der Waals surface area contributed by atoms with Gasteiger partial charge >= 0.3 is 0 Å². The molecule has 0 amide bonds. The Balaban J connectivity index is 2.06. The molecule has 1 aliphatic carbocycles. The molecule has 1 aromatic heterocycles. The average Bonchev–Trinajstić information content (AvgIpc) is 2.84. The van der Waals surface area contributed by atoms with Gasteiger partial charge in [-0.1, -0.05) is 19.1 Å². The normalized spacial score (nSPS) is 18.7. The van der Waals surface area contributed by atoms with Gasteiger partial charge < -0.3 is 10.3 Å². The standard InChI is InChI=1S/C16H20N2/c1-2-12-5-3-6-13(11-12)18-10-9-14-15(17)7-4-8-16(14)18/h3,5-6,9-11,15H,2,4,7-8,17H2,1H3. The van der Waals surface area contributed by atoms with Crippen LogP contribution in [0.2, 0.25) is 0 Å². The Morgan fingerprint density at radius 1 is 1.33 bits per heavy atom. The quantitative estimate of drug-likeness (QED) is 0.857. The molecule has 1 aliphatic rings. The average molecular weight is 240 g/mol. The predicted molar refractivity (Wildman–Crippen MR) is 75.0 cm³/mol. The molecule has 1 atom stereocenters. The molecule has 1 unspecified atom stereocenters. The molecular formula is C16H20N2. The Bertz CT molecular complexity index is 554. The van der Waals surface area contributed by atoms with Gasteiger partial charge in [-0.25, -0.2) is 0 Å². The fourth-order valence-corrected chi connectivity index (χ4v) is 2.90. The highest BCUT2D eigenvalue weighted by Gasteiger charge is 2.20. The molecule has 0 radical (unpaired) electrons. The van der Waals surface area contributed by atoms with Crippen molar-refractivity contribution in [2.45, 2.75) is 38.6 Å². The van der Waals surface area contributed by atoms with Crippen molar-refractivity contribution < 1.29 is 0 Å². The summed E-state index contributed by atoms with van der Waals surface area (Å²) in [4.78, 5) is 0. The van der Waals surface area contributed by atoms with Gasteiger partial charge in [0.15, 0.2) is 0 Å². The number of aryl methyl sites for hydroxylation is 1. The molecule has 0 fully saturated rings. The van der Waals surface area contributed by atoms with Crippen LogP contribution in [-0.4, -0.2) is 4.57 Å². The first-order valence-electron chi connectivity index (χ1n) is 6.84. The molecule has 1 heterocycles. The van der Waals surface area contributed by atoms with Gasteiger partial charge in [-0.05, 0) is 55.0 Å². The topological polar surface area (TPSA) is 30.9 Å². The number of nitrogens with zero attached hydrogens (tertiary/aromatic N) is 1. The van der Waals surface area contributed by atoms with Crippen molar-refractivity contribution in [2.24, 2.45) is 5.73 Å². The lowest BCUT2D eigenvalue weighted by atomic mass is 9.93. The molecule has 3 rings (SSSR count). The van der Waals surface area contributed by atoms with Crippen LogP contribution in [-0.2, 0) is 12.8 Å². The Hall–Kier alpha value is -1.54. The van der Waals surface area contributed by atoms with Crippen molar-refractivity contribution >= 4 is 0 Å². The van der Waals surface area contributed by atoms with Crippen LogP contribution in [0, 0.1) is 0 Å². The zero-order chi connectivity index (χ0) is 12.5. The van der Waals surface area contributed by atoms with E-state index in [1.54, 1.807) is 0 Å². The van der Waals surface area contributed by atoms with E-state index in [1.165, 1.54) is 28.9 Å². The summed E-state index contributed by atoms with van der Waals surface area (Å²) < 4.78 is 2.31. The second-order valence-corrected chi connectivity index (χ2v) is 5.11. The van der Waals surface area contributed by atoms with Crippen molar-refractivity contribution in [1.29, 1.82) is 0 Å². The fraction of sp³-hybridized carbons (Fsp3) is 0.375. The van der Waals surface area contributed by atoms with Crippen LogP contribution in [0.1, 0.15) is 42.6 Å². The van der Waals surface area contributed by atoms with Gasteiger partial charge in [-0.15, -0.1) is 0 Å². The SMILES string of the molecule is CCc1cccc(-n2ccc3c2CCCC3N)c1. The first-order chi connectivity index (χ1) is 8.79. The van der Waals surface area contributed by atoms with Crippen molar-refractivity contribution in [3.63, 3.8) is 0 Å². The highest BCUT2D eigenvalue weighted by Crippen LogP contribution is 2.30. The zero-order valence-electron chi connectivity index (χ0n) is 10.9. The maximum absolute atomic E-state index is 6.18. The molecule has 18 heavy (non-hydrogen) atoms. The van der Waals surface area contributed by atoms with Crippen LogP contribution in [0.15, 0.2) is 36.5 Å². The van der Waals surface area contributed by atoms with Crippen LogP contribution in [0.5, 0.6) is 0 Å². The minimum atomic E-state index is 0.226. The molecule has 0 spiro atoms. The summed E-state index contributed by atoms with van der Waals surface area (Å²) >= 11 is 0. The first kappa shape index (κ1) is 11.5. The number of aromatic nitrogens is 1. The molecular weight excluding hydrogens is 220 g/mol. The van der Waals surface area contributed by atoms with Crippen LogP contribution in [0.3, 0.4) is 0 Å². The lowest BCUT2D eigenvalue weighted by Gasteiger charge is -2.21. The highest BCUT2D eigenvalue weighted by atomic mass is 15.0. The van der Waals surface area contributed by atoms with E-state index in [1.807, 2.05) is 0 Å². The third-order valence-corrected chi connectivity index (χ3v) is 3.95. The summed E-state index contributed by atoms with van der Waals surface area (Å²) in [5, 5.41) is 0. The second-order valence-electron chi connectivity index (χ2n) is 5.11. The molecule has 2 N–H and O–H groups in total. The zero-order valence-corrected chi connectivity index (χ0v) is 10.9. The molecule has 94 valence electrons. The third-order valence-electron chi connectivity index (χ3n) is 3.95. The molecule has 0 aliphatic heterocycles. The van der Waals surface area contributed by atoms with E-state index < -0.39 is 0 Å². The summed E-state index contributed by atoms with van der Waals surface area (Å²) in [5.74, 6) is 0. The first-order valence-corrected chi connectivity index (χ1v) is 6.84. The highest BCUT2D eigenvalue weighted by molar-refractivity contribution is 5.42. The lowest BCUT2D eigenvalue weighted by molar-refractivity contribution is 0.560. The largest absolute Gasteiger partial charge is 0.324 e. The molecule has 2 heteroatoms. The van der Waals surface area contributed by atoms with Gasteiger partial charge in [0.2, 0.25) is 0 Å². The number of rotatable bonds is 2. The van der Waals surface area contributed by atoms with Crippen molar-refractivity contribution in [3.8, 4) is 5.69 Å². The van der Waals surface area contributed by atoms with E-state index in [-0.39, 0.29) is 6.04 Å². The third kappa shape index (κ3) is 1.87. The van der Waals surface area contributed by atoms with Gasteiger partial charge in [0.05, 0.1) is 0 Å². The lowest BCUT2D eigenvalue weighted by Crippen LogP contribution is -2.17. The Kier molecular flexibility index (Phi) is 2.96. The fourth-order valence-electron chi connectivity index (χ4n) is 2.90. The van der Waals surface area contributed by atoms with E-state index in [2.05, 4.69) is 48.0 Å². The van der Waals surface area contributed by atoms with Crippen LogP contribution < -0.4 is 5.73 Å². The maximum atomic E-state index is 6.18. The molecule has 2 aromatic rings. The minimum Gasteiger partial charge on any atom is -0.324 e. The maximum Gasteiger partial charge on any atom is 0.0455 e. The van der Waals surface area contributed by atoms with E-state index in [9.17, 15) is 0 Å². The molecule has 1 aromatic carbocycles. The van der Waals surface area contributed by atoms with Gasteiger partial charge in [0.1, 0.15) is 0 Å². The number of fused-ring (bicyclic) bond motifs is 1. The summed E-state index contributed by atoms with van der Waals surface area (Å²) in [7, 11) is 0. The van der Waals surface area contributed by atoms with E-state index >= 15 is 0 Å². The second kappa shape index (κ2) is 4.62. The van der Waals surface area contributed by atoms with E-state index in [0.29, 0.717) is 0 Å². The predicted octanol–water partition coefficient (Wildman–Crippen LogP) is 3.38. The summed E-state index contributed by atoms with van der Waals surface area (Å²) in [6, 6.07) is 11.2. The van der Waals surface area contributed by atoms with Gasteiger partial charge in [-0.2, -0.15) is 0 Å². The smallest absolute Gasteiger partial charge is 0.0455 e. The molecule has 0 saturated heterocycles. The Labute approximate surface area is 108 Å². The monoisotopic (exact) mass is 240 g/mol. The molecule has 2 nitrogen and oxygen atoms in total. The minimum absolute atomic E-state index is 0.226. The summed E-state index contributed by atoms with van der Waals surface area (Å²) in [5.41, 5.74) is 11.6. The van der Waals surface area contributed by atoms with E-state index in [4.69, 9.17) is 5.73 Å². The number of hydrogen-bond donors (Lipinski definition) is 1. The summed E-state index contributed by atoms with van der Waals surface area (Å²) in [6.45, 7) is 2.19. The Morgan fingerprint density at radius 3 is 3.06 bits per heavy atom. The van der Waals surface area contributed by atoms with E-state index in [0.717, 1.165) is 19.3 Å². The van der Waals surface area contributed by atoms with Gasteiger partial charge in [0.25, 0.3) is 0 Å². The number of benzene rings is 1. The van der Waals surface area contributed by atoms with Crippen molar-refractivity contribution in [3.05, 3.63) is 53.3 Å². The van der Waals surface area contributed by atoms with Crippen LogP contribution >= 0.6 is 0 Å².